The quantitative estimate of drug-likeness (QED) is 0.405. The maximum atomic E-state index is 13.2. The van der Waals surface area contributed by atoms with Crippen LogP contribution in [0.1, 0.15) is 10.4 Å². The molecule has 0 radical (unpaired) electrons. The number of carbonyl (C=O) groups excluding carboxylic acids is 2. The summed E-state index contributed by atoms with van der Waals surface area (Å²) in [5.74, 6) is 0.263. The minimum absolute atomic E-state index is 0.0642. The molecule has 1 aliphatic rings. The number of para-hydroxylation sites is 1. The van der Waals surface area contributed by atoms with Gasteiger partial charge in [0.2, 0.25) is 11.0 Å². The zero-order valence-corrected chi connectivity index (χ0v) is 20.0. The first-order chi connectivity index (χ1) is 16.7. The number of piperazine rings is 1. The highest BCUT2D eigenvalue weighted by Crippen LogP contribution is 2.29. The van der Waals surface area contributed by atoms with Crippen molar-refractivity contribution in [1.82, 2.24) is 15.1 Å². The van der Waals surface area contributed by atoms with Gasteiger partial charge in [-0.05, 0) is 29.0 Å². The number of benzene rings is 3. The van der Waals surface area contributed by atoms with E-state index >= 15 is 0 Å². The summed E-state index contributed by atoms with van der Waals surface area (Å²) in [6.07, 6.45) is 0. The van der Waals surface area contributed by atoms with Crippen LogP contribution >= 0.6 is 23.1 Å². The van der Waals surface area contributed by atoms with E-state index in [0.717, 1.165) is 31.5 Å². The molecule has 0 saturated carbocycles. The number of nitrogens with zero attached hydrogens (tertiary/aromatic N) is 4. The van der Waals surface area contributed by atoms with Crippen molar-refractivity contribution < 1.29 is 9.59 Å². The molecule has 7 nitrogen and oxygen atoms in total. The van der Waals surface area contributed by atoms with Crippen molar-refractivity contribution in [2.45, 2.75) is 4.34 Å². The number of fused-ring (bicyclic) bond motifs is 1. The first kappa shape index (κ1) is 22.4. The van der Waals surface area contributed by atoms with Crippen molar-refractivity contribution in [2.24, 2.45) is 0 Å². The molecule has 0 atom stereocenters. The minimum Gasteiger partial charge on any atom is -0.343 e. The van der Waals surface area contributed by atoms with E-state index in [1.165, 1.54) is 23.1 Å². The Bertz CT molecular complexity index is 1300. The molecule has 3 aromatic carbocycles. The molecule has 1 N–H and O–H groups in total. The van der Waals surface area contributed by atoms with Crippen molar-refractivity contribution in [2.75, 3.05) is 42.1 Å². The third-order valence-electron chi connectivity index (χ3n) is 5.64. The van der Waals surface area contributed by atoms with E-state index in [-0.39, 0.29) is 17.6 Å². The van der Waals surface area contributed by atoms with Crippen LogP contribution in [0.3, 0.4) is 0 Å². The molecule has 1 aromatic heterocycles. The third kappa shape index (κ3) is 5.05. The summed E-state index contributed by atoms with van der Waals surface area (Å²) in [5, 5.41) is 14.3. The predicted octanol–water partition coefficient (Wildman–Crippen LogP) is 4.38. The van der Waals surface area contributed by atoms with Crippen molar-refractivity contribution in [3.05, 3.63) is 78.4 Å². The zero-order chi connectivity index (χ0) is 23.3. The maximum absolute atomic E-state index is 13.2. The molecule has 1 saturated heterocycles. The number of carbonyl (C=O) groups is 2. The minimum atomic E-state index is -0.0755. The molecule has 1 fully saturated rings. The van der Waals surface area contributed by atoms with Gasteiger partial charge in [-0.1, -0.05) is 77.7 Å². The van der Waals surface area contributed by atoms with Crippen LogP contribution in [0.25, 0.3) is 10.8 Å². The van der Waals surface area contributed by atoms with Crippen LogP contribution in [0.15, 0.2) is 77.1 Å². The van der Waals surface area contributed by atoms with Crippen LogP contribution in [-0.2, 0) is 4.79 Å². The lowest BCUT2D eigenvalue weighted by Crippen LogP contribution is -2.48. The average molecular weight is 490 g/mol. The van der Waals surface area contributed by atoms with E-state index < -0.39 is 0 Å². The van der Waals surface area contributed by atoms with E-state index in [1.807, 2.05) is 77.7 Å². The third-order valence-corrected chi connectivity index (χ3v) is 7.75. The highest BCUT2D eigenvalue weighted by atomic mass is 32.2. The van der Waals surface area contributed by atoms with Crippen LogP contribution in [-0.4, -0.2) is 58.8 Å². The summed E-state index contributed by atoms with van der Waals surface area (Å²) in [5.41, 5.74) is 1.52. The lowest BCUT2D eigenvalue weighted by Gasteiger charge is -2.34. The van der Waals surface area contributed by atoms with Crippen molar-refractivity contribution >= 4 is 56.5 Å². The lowest BCUT2D eigenvalue weighted by molar-refractivity contribution is -0.113. The number of thioether (sulfide) groups is 1. The molecule has 5 rings (SSSR count). The molecule has 9 heteroatoms. The summed E-state index contributed by atoms with van der Waals surface area (Å²) in [6, 6.07) is 23.2. The Morgan fingerprint density at radius 2 is 1.62 bits per heavy atom. The molecule has 2 heterocycles. The standard InChI is InChI=1S/C25H23N5O2S2/c31-22(26-19-9-2-1-3-10-19)17-33-25-28-27-24(34-25)30-15-13-29(14-16-30)23(32)21-12-6-8-18-7-4-5-11-20(18)21/h1-12H,13-17H2,(H,26,31). The second-order valence-corrected chi connectivity index (χ2v) is 10.0. The Hall–Kier alpha value is -3.43. The normalized spacial score (nSPS) is 13.8. The summed E-state index contributed by atoms with van der Waals surface area (Å²) in [4.78, 5) is 29.4. The second kappa shape index (κ2) is 10.2. The van der Waals surface area contributed by atoms with Gasteiger partial charge in [0, 0.05) is 37.4 Å². The van der Waals surface area contributed by atoms with Gasteiger partial charge in [0.1, 0.15) is 0 Å². The number of hydrogen-bond acceptors (Lipinski definition) is 7. The molecule has 34 heavy (non-hydrogen) atoms. The van der Waals surface area contributed by atoms with Gasteiger partial charge >= 0.3 is 0 Å². The monoisotopic (exact) mass is 489 g/mol. The Morgan fingerprint density at radius 3 is 2.44 bits per heavy atom. The topological polar surface area (TPSA) is 78.4 Å². The van der Waals surface area contributed by atoms with Crippen LogP contribution in [0.5, 0.6) is 0 Å². The first-order valence-electron chi connectivity index (χ1n) is 11.0. The Morgan fingerprint density at radius 1 is 0.882 bits per heavy atom. The second-order valence-electron chi connectivity index (χ2n) is 7.86. The fourth-order valence-corrected chi connectivity index (χ4v) is 5.61. The largest absolute Gasteiger partial charge is 0.343 e. The van der Waals surface area contributed by atoms with Gasteiger partial charge in [-0.3, -0.25) is 9.59 Å². The van der Waals surface area contributed by atoms with Crippen LogP contribution in [0, 0.1) is 0 Å². The van der Waals surface area contributed by atoms with Crippen LogP contribution in [0.4, 0.5) is 10.8 Å². The highest BCUT2D eigenvalue weighted by Gasteiger charge is 2.25. The first-order valence-corrected chi connectivity index (χ1v) is 12.8. The van der Waals surface area contributed by atoms with Gasteiger partial charge < -0.3 is 15.1 Å². The summed E-state index contributed by atoms with van der Waals surface area (Å²) < 4.78 is 0.757. The molecule has 0 aliphatic carbocycles. The van der Waals surface area contributed by atoms with Crippen LogP contribution in [0.2, 0.25) is 0 Å². The SMILES string of the molecule is O=C(CSc1nnc(N2CCN(C(=O)c3cccc4ccccc34)CC2)s1)Nc1ccccc1. The van der Waals surface area contributed by atoms with Gasteiger partial charge in [-0.2, -0.15) is 0 Å². The summed E-state index contributed by atoms with van der Waals surface area (Å²) in [7, 11) is 0. The number of hydrogen-bond donors (Lipinski definition) is 1. The van der Waals surface area contributed by atoms with E-state index in [4.69, 9.17) is 0 Å². The summed E-state index contributed by atoms with van der Waals surface area (Å²) >= 11 is 2.86. The molecular weight excluding hydrogens is 466 g/mol. The van der Waals surface area contributed by atoms with Crippen molar-refractivity contribution in [3.63, 3.8) is 0 Å². The molecule has 1 aliphatic heterocycles. The smallest absolute Gasteiger partial charge is 0.254 e. The van der Waals surface area contributed by atoms with Gasteiger partial charge in [0.05, 0.1) is 5.75 Å². The lowest BCUT2D eigenvalue weighted by atomic mass is 10.0. The molecule has 0 bridgehead atoms. The predicted molar refractivity (Wildman–Crippen MR) is 138 cm³/mol. The van der Waals surface area contributed by atoms with Gasteiger partial charge in [0.25, 0.3) is 5.91 Å². The fraction of sp³-hybridized carbons (Fsp3) is 0.200. The number of nitrogens with one attached hydrogen (secondary N) is 1. The van der Waals surface area contributed by atoms with Crippen molar-refractivity contribution in [1.29, 1.82) is 0 Å². The molecule has 0 unspecified atom stereocenters. The van der Waals surface area contributed by atoms with Crippen LogP contribution < -0.4 is 10.2 Å². The van der Waals surface area contributed by atoms with E-state index in [0.29, 0.717) is 26.2 Å². The number of rotatable bonds is 6. The Labute approximate surface area is 205 Å². The highest BCUT2D eigenvalue weighted by molar-refractivity contribution is 8.01. The number of aromatic nitrogens is 2. The maximum Gasteiger partial charge on any atom is 0.254 e. The number of amides is 2. The average Bonchev–Trinajstić information content (AvgIpc) is 3.37. The van der Waals surface area contributed by atoms with E-state index in [1.54, 1.807) is 0 Å². The van der Waals surface area contributed by atoms with Gasteiger partial charge in [-0.25, -0.2) is 0 Å². The molecular formula is C25H23N5O2S2. The molecule has 172 valence electrons. The number of anilines is 2. The molecule has 2 amide bonds. The Balaban J connectivity index is 1.15. The van der Waals surface area contributed by atoms with Gasteiger partial charge in [-0.15, -0.1) is 10.2 Å². The summed E-state index contributed by atoms with van der Waals surface area (Å²) in [6.45, 7) is 2.65. The molecule has 0 spiro atoms. The van der Waals surface area contributed by atoms with Gasteiger partial charge in [0.15, 0.2) is 4.34 Å². The Kier molecular flexibility index (Phi) is 6.73. The zero-order valence-electron chi connectivity index (χ0n) is 18.4. The van der Waals surface area contributed by atoms with E-state index in [2.05, 4.69) is 20.4 Å². The van der Waals surface area contributed by atoms with Crippen molar-refractivity contribution in [3.8, 4) is 0 Å². The molecule has 4 aromatic rings. The van der Waals surface area contributed by atoms with E-state index in [9.17, 15) is 9.59 Å². The fourth-order valence-electron chi connectivity index (χ4n) is 3.92.